The van der Waals surface area contributed by atoms with Gasteiger partial charge in [-0.3, -0.25) is 0 Å². The van der Waals surface area contributed by atoms with Gasteiger partial charge in [-0.1, -0.05) is 32.4 Å². The Bertz CT molecular complexity index is 467. The van der Waals surface area contributed by atoms with E-state index in [1.807, 2.05) is 0 Å². The second kappa shape index (κ2) is 5.67. The van der Waals surface area contributed by atoms with Crippen molar-refractivity contribution in [2.24, 2.45) is 5.41 Å². The summed E-state index contributed by atoms with van der Waals surface area (Å²) in [5.74, 6) is -1.05. The summed E-state index contributed by atoms with van der Waals surface area (Å²) in [6, 6.07) is -1.20. The van der Waals surface area contributed by atoms with Crippen LogP contribution in [0.1, 0.15) is 33.6 Å². The molecule has 2 atom stereocenters. The molecule has 0 aromatic carbocycles. The second-order valence-corrected chi connectivity index (χ2v) is 6.85. The zero-order valence-electron chi connectivity index (χ0n) is 12.9. The molecule has 6 heteroatoms. The number of aliphatic carboxylic acids is 1. The van der Waals surface area contributed by atoms with Crippen LogP contribution in [0.4, 0.5) is 4.79 Å². The summed E-state index contributed by atoms with van der Waals surface area (Å²) in [7, 11) is 0. The Morgan fingerprint density at radius 2 is 2.00 bits per heavy atom. The summed E-state index contributed by atoms with van der Waals surface area (Å²) >= 11 is 0. The van der Waals surface area contributed by atoms with Crippen LogP contribution in [0.2, 0.25) is 0 Å². The molecule has 2 amide bonds. The number of β-amino-alcohol motifs (C(OH)–C–C–N with tert-alkyl or cyclic N) is 1. The van der Waals surface area contributed by atoms with Crippen LogP contribution >= 0.6 is 0 Å². The molecule has 21 heavy (non-hydrogen) atoms. The van der Waals surface area contributed by atoms with Crippen LogP contribution in [0.15, 0.2) is 11.6 Å². The molecular weight excluding hydrogens is 272 g/mol. The van der Waals surface area contributed by atoms with Crippen LogP contribution in [0.5, 0.6) is 0 Å². The molecule has 0 radical (unpaired) electrons. The van der Waals surface area contributed by atoms with Crippen molar-refractivity contribution in [3.8, 4) is 0 Å². The molecule has 2 N–H and O–H groups in total. The number of carbonyl (C=O) groups excluding carboxylic acids is 1. The summed E-state index contributed by atoms with van der Waals surface area (Å²) in [6.45, 7) is 7.64. The molecule has 1 saturated heterocycles. The third kappa shape index (κ3) is 3.37. The van der Waals surface area contributed by atoms with E-state index in [1.165, 1.54) is 10.5 Å². The number of carbonyl (C=O) groups is 2. The minimum Gasteiger partial charge on any atom is -0.480 e. The summed E-state index contributed by atoms with van der Waals surface area (Å²) in [4.78, 5) is 26.6. The largest absolute Gasteiger partial charge is 0.480 e. The summed E-state index contributed by atoms with van der Waals surface area (Å²) in [6.07, 6.45) is 2.23. The number of carboxylic acid groups (broad SMARTS) is 1. The molecule has 0 aliphatic carbocycles. The molecule has 0 bridgehead atoms. The Morgan fingerprint density at radius 3 is 2.48 bits per heavy atom. The van der Waals surface area contributed by atoms with Crippen molar-refractivity contribution >= 4 is 12.0 Å². The number of nitrogens with zero attached hydrogens (tertiary/aromatic N) is 2. The van der Waals surface area contributed by atoms with E-state index < -0.39 is 18.1 Å². The maximum Gasteiger partial charge on any atom is 0.326 e. The van der Waals surface area contributed by atoms with Crippen LogP contribution in [-0.4, -0.2) is 63.8 Å². The van der Waals surface area contributed by atoms with Gasteiger partial charge in [0.05, 0.1) is 6.10 Å². The summed E-state index contributed by atoms with van der Waals surface area (Å²) < 4.78 is 0. The highest BCUT2D eigenvalue weighted by Gasteiger charge is 2.40. The topological polar surface area (TPSA) is 81.1 Å². The Kier molecular flexibility index (Phi) is 4.27. The molecule has 0 saturated carbocycles. The fourth-order valence-electron chi connectivity index (χ4n) is 2.97. The van der Waals surface area contributed by atoms with E-state index in [-0.39, 0.29) is 24.4 Å². The van der Waals surface area contributed by atoms with Gasteiger partial charge >= 0.3 is 12.0 Å². The number of amides is 2. The summed E-state index contributed by atoms with van der Waals surface area (Å²) in [5.41, 5.74) is 1.42. The number of carboxylic acids is 1. The molecule has 0 aromatic rings. The van der Waals surface area contributed by atoms with Gasteiger partial charge in [0, 0.05) is 26.1 Å². The Hall–Kier alpha value is -1.56. The van der Waals surface area contributed by atoms with Crippen LogP contribution in [0.25, 0.3) is 0 Å². The molecule has 0 aromatic heterocycles. The standard InChI is InChI=1S/C15H24N2O4/c1-15(2,3)10-4-6-16(7-5-10)14(21)17-9-11(18)8-12(17)13(19)20/h4,11-12,18H,5-9H2,1-3H3,(H,19,20)/t11-,12+/m1/s1. The van der Waals surface area contributed by atoms with E-state index in [4.69, 9.17) is 5.11 Å². The molecule has 2 aliphatic rings. The Labute approximate surface area is 125 Å². The van der Waals surface area contributed by atoms with E-state index in [1.54, 1.807) is 4.90 Å². The minimum absolute atomic E-state index is 0.0993. The monoisotopic (exact) mass is 296 g/mol. The van der Waals surface area contributed by atoms with Gasteiger partial charge in [0.2, 0.25) is 0 Å². The van der Waals surface area contributed by atoms with Gasteiger partial charge in [-0.2, -0.15) is 0 Å². The number of aliphatic hydroxyl groups is 1. The number of hydrogen-bond acceptors (Lipinski definition) is 3. The first-order valence-electron chi connectivity index (χ1n) is 7.36. The van der Waals surface area contributed by atoms with Crippen LogP contribution in [0.3, 0.4) is 0 Å². The maximum absolute atomic E-state index is 12.5. The Morgan fingerprint density at radius 1 is 1.33 bits per heavy atom. The summed E-state index contributed by atoms with van der Waals surface area (Å²) in [5, 5.41) is 18.8. The van der Waals surface area contributed by atoms with E-state index in [9.17, 15) is 14.7 Å². The smallest absolute Gasteiger partial charge is 0.326 e. The fourth-order valence-corrected chi connectivity index (χ4v) is 2.97. The van der Waals surface area contributed by atoms with Crippen molar-refractivity contribution in [2.75, 3.05) is 19.6 Å². The predicted molar refractivity (Wildman–Crippen MR) is 77.9 cm³/mol. The molecule has 0 spiro atoms. The van der Waals surface area contributed by atoms with Crippen molar-refractivity contribution in [3.05, 3.63) is 11.6 Å². The van der Waals surface area contributed by atoms with Crippen LogP contribution in [-0.2, 0) is 4.79 Å². The highest BCUT2D eigenvalue weighted by Crippen LogP contribution is 2.30. The van der Waals surface area contributed by atoms with E-state index in [0.717, 1.165) is 6.42 Å². The zero-order chi connectivity index (χ0) is 15.8. The number of urea groups is 1. The quantitative estimate of drug-likeness (QED) is 0.715. The highest BCUT2D eigenvalue weighted by molar-refractivity contribution is 5.83. The molecule has 2 heterocycles. The van der Waals surface area contributed by atoms with Gasteiger partial charge in [-0.15, -0.1) is 0 Å². The van der Waals surface area contributed by atoms with Crippen molar-refractivity contribution in [2.45, 2.75) is 45.8 Å². The van der Waals surface area contributed by atoms with E-state index in [0.29, 0.717) is 13.1 Å². The third-order valence-electron chi connectivity index (χ3n) is 4.25. The normalized spacial score (nSPS) is 26.8. The molecule has 6 nitrogen and oxygen atoms in total. The average Bonchev–Trinajstić information content (AvgIpc) is 2.79. The van der Waals surface area contributed by atoms with Crippen LogP contribution < -0.4 is 0 Å². The van der Waals surface area contributed by atoms with E-state index in [2.05, 4.69) is 26.8 Å². The lowest BCUT2D eigenvalue weighted by molar-refractivity contribution is -0.141. The van der Waals surface area contributed by atoms with Gasteiger partial charge in [0.25, 0.3) is 0 Å². The van der Waals surface area contributed by atoms with Gasteiger partial charge in [0.15, 0.2) is 0 Å². The highest BCUT2D eigenvalue weighted by atomic mass is 16.4. The van der Waals surface area contributed by atoms with Crippen molar-refractivity contribution in [1.29, 1.82) is 0 Å². The minimum atomic E-state index is -1.05. The average molecular weight is 296 g/mol. The lowest BCUT2D eigenvalue weighted by atomic mass is 9.83. The zero-order valence-corrected chi connectivity index (χ0v) is 12.9. The van der Waals surface area contributed by atoms with E-state index >= 15 is 0 Å². The van der Waals surface area contributed by atoms with Crippen molar-refractivity contribution in [3.63, 3.8) is 0 Å². The van der Waals surface area contributed by atoms with Crippen molar-refractivity contribution < 1.29 is 19.8 Å². The number of likely N-dealkylation sites (tertiary alicyclic amines) is 1. The second-order valence-electron chi connectivity index (χ2n) is 6.85. The first kappa shape index (κ1) is 15.8. The van der Waals surface area contributed by atoms with Gasteiger partial charge in [-0.05, 0) is 11.8 Å². The molecular formula is C15H24N2O4. The molecule has 0 unspecified atom stereocenters. The van der Waals surface area contributed by atoms with Gasteiger partial charge < -0.3 is 20.0 Å². The molecule has 2 aliphatic heterocycles. The van der Waals surface area contributed by atoms with Gasteiger partial charge in [0.1, 0.15) is 6.04 Å². The van der Waals surface area contributed by atoms with Gasteiger partial charge in [-0.25, -0.2) is 9.59 Å². The molecule has 1 fully saturated rings. The number of hydrogen-bond donors (Lipinski definition) is 2. The number of rotatable bonds is 1. The molecule has 2 rings (SSSR count). The third-order valence-corrected chi connectivity index (χ3v) is 4.25. The Balaban J connectivity index is 2.05. The maximum atomic E-state index is 12.5. The van der Waals surface area contributed by atoms with Crippen molar-refractivity contribution in [1.82, 2.24) is 9.80 Å². The fraction of sp³-hybridized carbons (Fsp3) is 0.733. The first-order valence-corrected chi connectivity index (χ1v) is 7.36. The predicted octanol–water partition coefficient (Wildman–Crippen LogP) is 1.30. The lowest BCUT2D eigenvalue weighted by Gasteiger charge is -2.35. The SMILES string of the molecule is CC(C)(C)C1=CCN(C(=O)N2C[C@H](O)C[C@H]2C(=O)O)CC1. The number of aliphatic hydroxyl groups excluding tert-OH is 1. The lowest BCUT2D eigenvalue weighted by Crippen LogP contribution is -2.49. The first-order chi connectivity index (χ1) is 9.70. The van der Waals surface area contributed by atoms with Crippen LogP contribution in [0, 0.1) is 5.41 Å². The molecule has 118 valence electrons.